The number of nitrogens with zero attached hydrogens (tertiary/aromatic N) is 1. The second-order valence-corrected chi connectivity index (χ2v) is 6.84. The molecule has 3 atom stereocenters. The summed E-state index contributed by atoms with van der Waals surface area (Å²) in [5.41, 5.74) is 2.86. The highest BCUT2D eigenvalue weighted by atomic mass is 32.1. The molecule has 3 rings (SSSR count). The van der Waals surface area contributed by atoms with Crippen LogP contribution in [-0.2, 0) is 16.1 Å². The van der Waals surface area contributed by atoms with Crippen molar-refractivity contribution in [1.82, 2.24) is 4.98 Å². The van der Waals surface area contributed by atoms with Crippen molar-refractivity contribution in [3.05, 3.63) is 16.6 Å². The number of hydrogen-bond acceptors (Lipinski definition) is 4. The van der Waals surface area contributed by atoms with Crippen LogP contribution < -0.4 is 0 Å². The van der Waals surface area contributed by atoms with Crippen molar-refractivity contribution in [2.24, 2.45) is 5.92 Å². The van der Waals surface area contributed by atoms with Crippen molar-refractivity contribution in [2.75, 3.05) is 0 Å². The van der Waals surface area contributed by atoms with Crippen LogP contribution in [0, 0.1) is 5.92 Å². The first-order chi connectivity index (χ1) is 8.54. The van der Waals surface area contributed by atoms with E-state index in [1.54, 1.807) is 11.3 Å². The van der Waals surface area contributed by atoms with Gasteiger partial charge < -0.3 is 9.47 Å². The quantitative estimate of drug-likeness (QED) is 0.838. The molecule has 2 aliphatic rings. The fourth-order valence-corrected chi connectivity index (χ4v) is 3.84. The Balaban J connectivity index is 1.68. The molecular formula is C14H21NO2S. The van der Waals surface area contributed by atoms with Crippen LogP contribution in [0.3, 0.4) is 0 Å². The highest BCUT2D eigenvalue weighted by Gasteiger charge is 2.60. The van der Waals surface area contributed by atoms with Gasteiger partial charge in [-0.25, -0.2) is 4.98 Å². The maximum absolute atomic E-state index is 6.35. The molecule has 0 saturated carbocycles. The molecule has 2 fully saturated rings. The summed E-state index contributed by atoms with van der Waals surface area (Å²) >= 11 is 1.62. The maximum atomic E-state index is 6.35. The van der Waals surface area contributed by atoms with Gasteiger partial charge in [0.05, 0.1) is 35.1 Å². The van der Waals surface area contributed by atoms with Gasteiger partial charge in [-0.1, -0.05) is 13.8 Å². The van der Waals surface area contributed by atoms with Crippen molar-refractivity contribution in [3.63, 3.8) is 0 Å². The molecule has 100 valence electrons. The zero-order valence-corrected chi connectivity index (χ0v) is 12.1. The Morgan fingerprint density at radius 1 is 1.56 bits per heavy atom. The molecule has 0 aromatic carbocycles. The van der Waals surface area contributed by atoms with Crippen molar-refractivity contribution in [1.29, 1.82) is 0 Å². The first-order valence-electron chi connectivity index (χ1n) is 6.73. The number of hydrogen-bond donors (Lipinski definition) is 0. The van der Waals surface area contributed by atoms with E-state index in [0.29, 0.717) is 12.5 Å². The Kier molecular flexibility index (Phi) is 3.00. The van der Waals surface area contributed by atoms with E-state index in [4.69, 9.17) is 9.47 Å². The van der Waals surface area contributed by atoms with Crippen LogP contribution in [0.4, 0.5) is 0 Å². The monoisotopic (exact) mass is 267 g/mol. The zero-order valence-electron chi connectivity index (χ0n) is 11.3. The summed E-state index contributed by atoms with van der Waals surface area (Å²) in [5.74, 6) is 0.562. The summed E-state index contributed by atoms with van der Waals surface area (Å²) < 4.78 is 12.4. The van der Waals surface area contributed by atoms with Crippen molar-refractivity contribution in [3.8, 4) is 0 Å². The average Bonchev–Trinajstić information content (AvgIpc) is 2.98. The van der Waals surface area contributed by atoms with E-state index < -0.39 is 0 Å². The molecule has 1 aromatic rings. The third kappa shape index (κ3) is 1.91. The minimum Gasteiger partial charge on any atom is -0.369 e. The van der Waals surface area contributed by atoms with Crippen molar-refractivity contribution in [2.45, 2.75) is 63.9 Å². The standard InChI is InChI=1S/C14H21NO2S/c1-10(2)14-5-4-13(3,17-14)12(6-14)16-7-11-8-18-9-15-11/h8-10,12H,4-7H2,1-3H3/t12-,13+,14-/m0/s1. The number of thiazole rings is 1. The summed E-state index contributed by atoms with van der Waals surface area (Å²) in [7, 11) is 0. The van der Waals surface area contributed by atoms with Gasteiger partial charge in [0.1, 0.15) is 0 Å². The summed E-state index contributed by atoms with van der Waals surface area (Å²) in [5, 5.41) is 2.05. The molecule has 3 heterocycles. The predicted octanol–water partition coefficient (Wildman–Crippen LogP) is 3.40. The fourth-order valence-electron chi connectivity index (χ4n) is 3.30. The normalized spacial score (nSPS) is 38.8. The molecule has 2 aliphatic heterocycles. The minimum atomic E-state index is -0.0830. The van der Waals surface area contributed by atoms with Gasteiger partial charge in [0, 0.05) is 11.8 Å². The summed E-state index contributed by atoms with van der Waals surface area (Å²) in [4.78, 5) is 4.27. The van der Waals surface area contributed by atoms with E-state index in [-0.39, 0.29) is 17.3 Å². The summed E-state index contributed by atoms with van der Waals surface area (Å²) in [6.45, 7) is 7.33. The molecule has 0 N–H and O–H groups in total. The lowest BCUT2D eigenvalue weighted by molar-refractivity contribution is -0.0962. The Morgan fingerprint density at radius 2 is 2.39 bits per heavy atom. The van der Waals surface area contributed by atoms with E-state index in [1.165, 1.54) is 6.42 Å². The molecule has 0 unspecified atom stereocenters. The molecule has 2 bridgehead atoms. The molecule has 18 heavy (non-hydrogen) atoms. The second kappa shape index (κ2) is 4.29. The first-order valence-corrected chi connectivity index (χ1v) is 7.67. The molecule has 2 saturated heterocycles. The van der Waals surface area contributed by atoms with Gasteiger partial charge in [0.25, 0.3) is 0 Å². The van der Waals surface area contributed by atoms with Crippen LogP contribution in [0.5, 0.6) is 0 Å². The summed E-state index contributed by atoms with van der Waals surface area (Å²) in [6, 6.07) is 0. The second-order valence-electron chi connectivity index (χ2n) is 6.12. The van der Waals surface area contributed by atoms with E-state index in [9.17, 15) is 0 Å². The number of rotatable bonds is 4. The van der Waals surface area contributed by atoms with Gasteiger partial charge in [-0.15, -0.1) is 11.3 Å². The summed E-state index contributed by atoms with van der Waals surface area (Å²) in [6.07, 6.45) is 3.55. The number of aromatic nitrogens is 1. The molecule has 1 aromatic heterocycles. The molecule has 0 spiro atoms. The topological polar surface area (TPSA) is 31.4 Å². The molecule has 3 nitrogen and oxygen atoms in total. The smallest absolute Gasteiger partial charge is 0.0925 e. The zero-order chi connectivity index (χ0) is 12.8. The number of fused-ring (bicyclic) bond motifs is 2. The maximum Gasteiger partial charge on any atom is 0.0925 e. The first kappa shape index (κ1) is 12.6. The van der Waals surface area contributed by atoms with E-state index in [0.717, 1.165) is 18.5 Å². The van der Waals surface area contributed by atoms with Gasteiger partial charge in [-0.2, -0.15) is 0 Å². The Labute approximate surface area is 113 Å². The third-order valence-electron chi connectivity index (χ3n) is 4.66. The van der Waals surface area contributed by atoms with E-state index >= 15 is 0 Å². The van der Waals surface area contributed by atoms with E-state index in [2.05, 4.69) is 31.1 Å². The Morgan fingerprint density at radius 3 is 3.00 bits per heavy atom. The van der Waals surface area contributed by atoms with Gasteiger partial charge in [0.2, 0.25) is 0 Å². The molecular weight excluding hydrogens is 246 g/mol. The van der Waals surface area contributed by atoms with Crippen LogP contribution in [0.15, 0.2) is 10.9 Å². The fraction of sp³-hybridized carbons (Fsp3) is 0.786. The molecule has 0 amide bonds. The lowest BCUT2D eigenvalue weighted by atomic mass is 9.75. The molecule has 0 aliphatic carbocycles. The minimum absolute atomic E-state index is 0.0570. The van der Waals surface area contributed by atoms with Crippen molar-refractivity contribution >= 4 is 11.3 Å². The molecule has 4 heteroatoms. The highest BCUT2D eigenvalue weighted by molar-refractivity contribution is 7.07. The van der Waals surface area contributed by atoms with Crippen LogP contribution in [0.25, 0.3) is 0 Å². The SMILES string of the molecule is CC(C)[C@@]12CC[C@@](C)(O1)[C@@H](OCc1cscn1)C2. The van der Waals surface area contributed by atoms with Crippen LogP contribution >= 0.6 is 11.3 Å². The molecule has 0 radical (unpaired) electrons. The van der Waals surface area contributed by atoms with Gasteiger partial charge in [-0.3, -0.25) is 0 Å². The predicted molar refractivity (Wildman–Crippen MR) is 71.6 cm³/mol. The van der Waals surface area contributed by atoms with Crippen LogP contribution in [0.1, 0.15) is 45.7 Å². The average molecular weight is 267 g/mol. The van der Waals surface area contributed by atoms with Crippen molar-refractivity contribution < 1.29 is 9.47 Å². The Hall–Kier alpha value is -0.450. The lowest BCUT2D eigenvalue weighted by Crippen LogP contribution is -2.38. The van der Waals surface area contributed by atoms with Gasteiger partial charge in [0.15, 0.2) is 0 Å². The highest BCUT2D eigenvalue weighted by Crippen LogP contribution is 2.55. The lowest BCUT2D eigenvalue weighted by Gasteiger charge is -2.31. The number of ether oxygens (including phenoxy) is 2. The third-order valence-corrected chi connectivity index (χ3v) is 5.30. The largest absolute Gasteiger partial charge is 0.369 e. The Bertz CT molecular complexity index is 419. The van der Waals surface area contributed by atoms with Crippen LogP contribution in [-0.4, -0.2) is 22.3 Å². The van der Waals surface area contributed by atoms with E-state index in [1.807, 2.05) is 5.51 Å². The van der Waals surface area contributed by atoms with Gasteiger partial charge >= 0.3 is 0 Å². The van der Waals surface area contributed by atoms with Gasteiger partial charge in [-0.05, 0) is 25.7 Å². The van der Waals surface area contributed by atoms with Crippen LogP contribution in [0.2, 0.25) is 0 Å².